The maximum absolute atomic E-state index is 12.5. The van der Waals surface area contributed by atoms with Gasteiger partial charge < -0.3 is 25.9 Å². The molecule has 5 N–H and O–H groups in total. The van der Waals surface area contributed by atoms with Gasteiger partial charge in [0.15, 0.2) is 0 Å². The van der Waals surface area contributed by atoms with E-state index in [-0.39, 0.29) is 19.2 Å². The van der Waals surface area contributed by atoms with Gasteiger partial charge >= 0.3 is 6.03 Å². The molecule has 4 rings (SSSR count). The van der Waals surface area contributed by atoms with E-state index in [0.29, 0.717) is 12.2 Å². The minimum Gasteiger partial charge on any atom is -0.394 e. The summed E-state index contributed by atoms with van der Waals surface area (Å²) in [6.07, 6.45) is 5.57. The average molecular weight is 401 g/mol. The molecule has 2 heterocycles. The SMILES string of the molecule is CN(CC(O)CO)C(=O)Nc1cc2c(c(-c3cc4c(s3)CCC=C4)c1)NNC2. The van der Waals surface area contributed by atoms with Gasteiger partial charge in [0.2, 0.25) is 0 Å². The molecule has 2 amide bonds. The Hall–Kier alpha value is -2.39. The number of likely N-dealkylation sites (N-methyl/N-ethyl adjacent to an activating group) is 1. The number of thiophene rings is 1. The number of hydrogen-bond donors (Lipinski definition) is 5. The van der Waals surface area contributed by atoms with E-state index in [1.807, 2.05) is 12.1 Å². The smallest absolute Gasteiger partial charge is 0.321 e. The molecular formula is C20H24N4O3S. The van der Waals surface area contributed by atoms with Crippen molar-refractivity contribution < 1.29 is 15.0 Å². The molecule has 0 saturated heterocycles. The molecule has 2 aliphatic rings. The van der Waals surface area contributed by atoms with Gasteiger partial charge in [-0.05, 0) is 42.2 Å². The zero-order valence-corrected chi connectivity index (χ0v) is 16.5. The fourth-order valence-corrected chi connectivity index (χ4v) is 4.68. The maximum atomic E-state index is 12.5. The molecule has 0 spiro atoms. The number of amides is 2. The normalized spacial score (nSPS) is 15.5. The lowest BCUT2D eigenvalue weighted by Gasteiger charge is -2.21. The second kappa shape index (κ2) is 7.92. The van der Waals surface area contributed by atoms with E-state index in [1.54, 1.807) is 18.4 Å². The highest BCUT2D eigenvalue weighted by atomic mass is 32.1. The summed E-state index contributed by atoms with van der Waals surface area (Å²) >= 11 is 1.80. The number of carbonyl (C=O) groups excluding carboxylic acids is 1. The minimum absolute atomic E-state index is 0.0627. The highest BCUT2D eigenvalue weighted by Gasteiger charge is 2.21. The Balaban J connectivity index is 1.62. The summed E-state index contributed by atoms with van der Waals surface area (Å²) in [4.78, 5) is 16.4. The zero-order chi connectivity index (χ0) is 19.7. The van der Waals surface area contributed by atoms with Crippen LogP contribution in [0.3, 0.4) is 0 Å². The maximum Gasteiger partial charge on any atom is 0.321 e. The number of urea groups is 1. The quantitative estimate of drug-likeness (QED) is 0.532. The monoisotopic (exact) mass is 400 g/mol. The third kappa shape index (κ3) is 3.77. The molecule has 0 saturated carbocycles. The van der Waals surface area contributed by atoms with E-state index in [1.165, 1.54) is 20.2 Å². The number of hydrazine groups is 1. The van der Waals surface area contributed by atoms with Gasteiger partial charge in [-0.1, -0.05) is 12.2 Å². The van der Waals surface area contributed by atoms with Crippen LogP contribution >= 0.6 is 11.3 Å². The lowest BCUT2D eigenvalue weighted by atomic mass is 10.0. The summed E-state index contributed by atoms with van der Waals surface area (Å²) in [7, 11) is 1.59. The van der Waals surface area contributed by atoms with Crippen LogP contribution in [0, 0.1) is 0 Å². The van der Waals surface area contributed by atoms with Gasteiger partial charge in [-0.25, -0.2) is 10.2 Å². The Morgan fingerprint density at radius 3 is 3.04 bits per heavy atom. The van der Waals surface area contributed by atoms with E-state index in [2.05, 4.69) is 34.4 Å². The summed E-state index contributed by atoms with van der Waals surface area (Å²) < 4.78 is 0. The molecule has 0 bridgehead atoms. The lowest BCUT2D eigenvalue weighted by Crippen LogP contribution is -2.38. The number of aliphatic hydroxyl groups is 2. The molecule has 8 heteroatoms. The molecule has 1 aromatic carbocycles. The molecule has 7 nitrogen and oxygen atoms in total. The van der Waals surface area contributed by atoms with E-state index in [0.717, 1.165) is 29.7 Å². The highest BCUT2D eigenvalue weighted by molar-refractivity contribution is 7.15. The van der Waals surface area contributed by atoms with E-state index in [4.69, 9.17) is 5.11 Å². The number of benzene rings is 1. The number of rotatable bonds is 5. The fraction of sp³-hybridized carbons (Fsp3) is 0.350. The molecule has 1 aromatic heterocycles. The standard InChI is InChI=1S/C20H24N4O3S/c1-24(10-15(26)11-25)20(27)22-14-6-13-9-21-23-19(13)16(8-14)18-7-12-4-2-3-5-17(12)28-18/h2,4,6-8,15,21,23,25-26H,3,5,9-11H2,1H3,(H,22,27). The second-order valence-corrected chi connectivity index (χ2v) is 8.25. The lowest BCUT2D eigenvalue weighted by molar-refractivity contribution is 0.0750. The van der Waals surface area contributed by atoms with Crippen LogP contribution in [0.15, 0.2) is 24.3 Å². The predicted molar refractivity (Wildman–Crippen MR) is 112 cm³/mol. The van der Waals surface area contributed by atoms with Crippen molar-refractivity contribution in [2.75, 3.05) is 30.9 Å². The van der Waals surface area contributed by atoms with Crippen LogP contribution in [0.5, 0.6) is 0 Å². The molecule has 0 fully saturated rings. The molecule has 1 atom stereocenters. The van der Waals surface area contributed by atoms with Crippen molar-refractivity contribution >= 4 is 34.8 Å². The van der Waals surface area contributed by atoms with Crippen molar-refractivity contribution in [1.29, 1.82) is 0 Å². The van der Waals surface area contributed by atoms with E-state index in [9.17, 15) is 9.90 Å². The number of aryl methyl sites for hydroxylation is 1. The zero-order valence-electron chi connectivity index (χ0n) is 15.7. The van der Waals surface area contributed by atoms with Crippen molar-refractivity contribution in [3.8, 4) is 10.4 Å². The molecule has 148 valence electrons. The first-order valence-electron chi connectivity index (χ1n) is 9.31. The summed E-state index contributed by atoms with van der Waals surface area (Å²) in [6.45, 7) is 0.360. The molecule has 1 aliphatic carbocycles. The van der Waals surface area contributed by atoms with E-state index >= 15 is 0 Å². The van der Waals surface area contributed by atoms with Crippen LogP contribution < -0.4 is 16.2 Å². The summed E-state index contributed by atoms with van der Waals surface area (Å²) in [5.74, 6) is 0. The molecule has 1 aliphatic heterocycles. The van der Waals surface area contributed by atoms with Gasteiger partial charge in [-0.15, -0.1) is 11.3 Å². The van der Waals surface area contributed by atoms with E-state index < -0.39 is 6.10 Å². The van der Waals surface area contributed by atoms with Crippen LogP contribution in [0.1, 0.15) is 22.4 Å². The summed E-state index contributed by atoms with van der Waals surface area (Å²) in [5.41, 5.74) is 11.6. The Kier molecular flexibility index (Phi) is 5.36. The Morgan fingerprint density at radius 1 is 1.39 bits per heavy atom. The van der Waals surface area contributed by atoms with Crippen LogP contribution in [0.25, 0.3) is 16.5 Å². The van der Waals surface area contributed by atoms with Crippen molar-refractivity contribution in [3.05, 3.63) is 40.3 Å². The Morgan fingerprint density at radius 2 is 2.25 bits per heavy atom. The van der Waals surface area contributed by atoms with Gasteiger partial charge in [-0.3, -0.25) is 0 Å². The number of nitrogens with zero attached hydrogens (tertiary/aromatic N) is 1. The molecule has 28 heavy (non-hydrogen) atoms. The number of carbonyl (C=O) groups is 1. The van der Waals surface area contributed by atoms with Gasteiger partial charge in [-0.2, -0.15) is 0 Å². The molecule has 1 unspecified atom stereocenters. The third-order valence-electron chi connectivity index (χ3n) is 4.95. The number of allylic oxidation sites excluding steroid dienone is 1. The first kappa shape index (κ1) is 18.9. The first-order valence-corrected chi connectivity index (χ1v) is 10.1. The summed E-state index contributed by atoms with van der Waals surface area (Å²) in [6, 6.07) is 5.81. The number of hydrogen-bond acceptors (Lipinski definition) is 6. The van der Waals surface area contributed by atoms with Gasteiger partial charge in [0.05, 0.1) is 24.9 Å². The first-order chi connectivity index (χ1) is 13.5. The van der Waals surface area contributed by atoms with Crippen molar-refractivity contribution in [3.63, 3.8) is 0 Å². The van der Waals surface area contributed by atoms with Crippen molar-refractivity contribution in [1.82, 2.24) is 10.3 Å². The topological polar surface area (TPSA) is 96.9 Å². The van der Waals surface area contributed by atoms with Gasteiger partial charge in [0.1, 0.15) is 0 Å². The number of anilines is 2. The second-order valence-electron chi connectivity index (χ2n) is 7.11. The largest absolute Gasteiger partial charge is 0.394 e. The van der Waals surface area contributed by atoms with Crippen molar-refractivity contribution in [2.24, 2.45) is 0 Å². The van der Waals surface area contributed by atoms with Gasteiger partial charge in [0, 0.05) is 34.6 Å². The molecule has 0 radical (unpaired) electrons. The number of aliphatic hydroxyl groups excluding tert-OH is 2. The van der Waals surface area contributed by atoms with Gasteiger partial charge in [0.25, 0.3) is 0 Å². The van der Waals surface area contributed by atoms with Crippen LogP contribution in [0.4, 0.5) is 16.2 Å². The van der Waals surface area contributed by atoms with Crippen LogP contribution in [0.2, 0.25) is 0 Å². The average Bonchev–Trinajstić information content (AvgIpc) is 3.33. The molecule has 2 aromatic rings. The van der Waals surface area contributed by atoms with Crippen LogP contribution in [-0.2, 0) is 13.0 Å². The fourth-order valence-electron chi connectivity index (χ4n) is 3.50. The summed E-state index contributed by atoms with van der Waals surface area (Å²) in [5, 5.41) is 21.4. The number of nitrogens with one attached hydrogen (secondary N) is 3. The third-order valence-corrected chi connectivity index (χ3v) is 6.19. The van der Waals surface area contributed by atoms with Crippen molar-refractivity contribution in [2.45, 2.75) is 25.5 Å². The Labute approximate surface area is 167 Å². The minimum atomic E-state index is -0.953. The van der Waals surface area contributed by atoms with Crippen LogP contribution in [-0.4, -0.2) is 47.4 Å². The number of fused-ring (bicyclic) bond motifs is 2. The molecular weight excluding hydrogens is 376 g/mol. The Bertz CT molecular complexity index is 924. The highest BCUT2D eigenvalue weighted by Crippen LogP contribution is 2.42. The predicted octanol–water partition coefficient (Wildman–Crippen LogP) is 2.62.